The monoisotopic (exact) mass is 222 g/mol. The minimum Gasteiger partial charge on any atom is -0.312 e. The first-order valence-corrected chi connectivity index (χ1v) is 6.89. The molecule has 0 amide bonds. The molecule has 1 atom stereocenters. The van der Waals surface area contributed by atoms with Crippen molar-refractivity contribution < 1.29 is 0 Å². The summed E-state index contributed by atoms with van der Waals surface area (Å²) in [4.78, 5) is 0. The molecule has 0 aliphatic heterocycles. The van der Waals surface area contributed by atoms with E-state index >= 15 is 0 Å². The van der Waals surface area contributed by atoms with Crippen LogP contribution in [0, 0.1) is 17.2 Å². The number of unbranched alkanes of at least 4 members (excludes halogenated alkanes) is 1. The van der Waals surface area contributed by atoms with Gasteiger partial charge in [0, 0.05) is 18.5 Å². The first-order valence-electron chi connectivity index (χ1n) is 6.89. The Bertz CT molecular complexity index is 211. The second-order valence-electron chi connectivity index (χ2n) is 5.29. The zero-order valence-electron chi connectivity index (χ0n) is 10.8. The van der Waals surface area contributed by atoms with Crippen LogP contribution in [0.3, 0.4) is 0 Å². The number of rotatable bonds is 6. The van der Waals surface area contributed by atoms with E-state index in [0.29, 0.717) is 18.0 Å². The highest BCUT2D eigenvalue weighted by Crippen LogP contribution is 2.26. The summed E-state index contributed by atoms with van der Waals surface area (Å²) in [7, 11) is 0. The van der Waals surface area contributed by atoms with Crippen molar-refractivity contribution in [2.75, 3.05) is 0 Å². The minimum atomic E-state index is 0.664. The maximum atomic E-state index is 8.66. The lowest BCUT2D eigenvalue weighted by atomic mass is 9.84. The van der Waals surface area contributed by atoms with Crippen LogP contribution in [0.4, 0.5) is 0 Å². The number of hydrogen-bond acceptors (Lipinski definition) is 2. The highest BCUT2D eigenvalue weighted by Gasteiger charge is 2.21. The number of nitrogens with one attached hydrogen (secondary N) is 1. The Morgan fingerprint density at radius 1 is 1.31 bits per heavy atom. The van der Waals surface area contributed by atoms with Crippen LogP contribution in [-0.2, 0) is 0 Å². The van der Waals surface area contributed by atoms with E-state index in [1.165, 1.54) is 44.9 Å². The van der Waals surface area contributed by atoms with Gasteiger partial charge in [0.25, 0.3) is 0 Å². The normalized spacial score (nSPS) is 27.3. The standard InChI is InChI=1S/C14H26N2/c1-3-4-5-12(2)16-14-8-6-13(7-9-14)10-11-15/h12-14,16H,3-10H2,1-2H3/t12?,13-,14-. The molecule has 0 aromatic heterocycles. The van der Waals surface area contributed by atoms with Crippen molar-refractivity contribution in [3.8, 4) is 6.07 Å². The molecule has 1 aliphatic rings. The fourth-order valence-corrected chi connectivity index (χ4v) is 2.66. The van der Waals surface area contributed by atoms with E-state index in [4.69, 9.17) is 5.26 Å². The van der Waals surface area contributed by atoms with Crippen molar-refractivity contribution in [2.45, 2.75) is 77.3 Å². The van der Waals surface area contributed by atoms with Gasteiger partial charge < -0.3 is 5.32 Å². The van der Waals surface area contributed by atoms with Gasteiger partial charge in [-0.05, 0) is 44.9 Å². The summed E-state index contributed by atoms with van der Waals surface area (Å²) >= 11 is 0. The summed E-state index contributed by atoms with van der Waals surface area (Å²) in [5.74, 6) is 0.675. The SMILES string of the molecule is CCCCC(C)N[C@H]1CC[C@H](CC#N)CC1. The molecule has 0 radical (unpaired) electrons. The average molecular weight is 222 g/mol. The van der Waals surface area contributed by atoms with Gasteiger partial charge in [-0.2, -0.15) is 5.26 Å². The molecule has 1 rings (SSSR count). The maximum Gasteiger partial charge on any atom is 0.0624 e. The summed E-state index contributed by atoms with van der Waals surface area (Å²) in [6.45, 7) is 4.55. The van der Waals surface area contributed by atoms with Crippen LogP contribution in [0.25, 0.3) is 0 Å². The Kier molecular flexibility index (Phi) is 6.49. The molecule has 1 aliphatic carbocycles. The molecule has 0 bridgehead atoms. The quantitative estimate of drug-likeness (QED) is 0.745. The molecule has 0 heterocycles. The minimum absolute atomic E-state index is 0.664. The van der Waals surface area contributed by atoms with Crippen LogP contribution in [0.15, 0.2) is 0 Å². The Balaban J connectivity index is 2.14. The van der Waals surface area contributed by atoms with E-state index in [1.54, 1.807) is 0 Å². The van der Waals surface area contributed by atoms with E-state index in [-0.39, 0.29) is 0 Å². The van der Waals surface area contributed by atoms with Crippen LogP contribution < -0.4 is 5.32 Å². The van der Waals surface area contributed by atoms with Crippen LogP contribution in [0.5, 0.6) is 0 Å². The van der Waals surface area contributed by atoms with Crippen molar-refractivity contribution >= 4 is 0 Å². The maximum absolute atomic E-state index is 8.66. The van der Waals surface area contributed by atoms with Crippen molar-refractivity contribution in [3.63, 3.8) is 0 Å². The largest absolute Gasteiger partial charge is 0.312 e. The van der Waals surface area contributed by atoms with Crippen LogP contribution >= 0.6 is 0 Å². The van der Waals surface area contributed by atoms with Crippen molar-refractivity contribution in [1.82, 2.24) is 5.32 Å². The predicted molar refractivity (Wildman–Crippen MR) is 68.1 cm³/mol. The molecule has 1 unspecified atom stereocenters. The molecule has 0 saturated heterocycles. The van der Waals surface area contributed by atoms with Gasteiger partial charge >= 0.3 is 0 Å². The predicted octanol–water partition coefficient (Wildman–Crippen LogP) is 3.63. The molecule has 1 saturated carbocycles. The summed E-state index contributed by atoms with van der Waals surface area (Å²) in [6, 6.07) is 3.67. The summed E-state index contributed by atoms with van der Waals surface area (Å²) < 4.78 is 0. The molecule has 1 N–H and O–H groups in total. The van der Waals surface area contributed by atoms with E-state index in [0.717, 1.165) is 6.42 Å². The molecule has 16 heavy (non-hydrogen) atoms. The fraction of sp³-hybridized carbons (Fsp3) is 0.929. The van der Waals surface area contributed by atoms with Gasteiger partial charge in [-0.1, -0.05) is 19.8 Å². The number of nitriles is 1. The number of hydrogen-bond donors (Lipinski definition) is 1. The molecular formula is C14H26N2. The molecule has 92 valence electrons. The summed E-state index contributed by atoms with van der Waals surface area (Å²) in [5, 5.41) is 12.4. The second kappa shape index (κ2) is 7.68. The topological polar surface area (TPSA) is 35.8 Å². The van der Waals surface area contributed by atoms with Crippen LogP contribution in [0.2, 0.25) is 0 Å². The summed E-state index contributed by atoms with van der Waals surface area (Å²) in [6.07, 6.45) is 9.70. The lowest BCUT2D eigenvalue weighted by Gasteiger charge is -2.30. The lowest BCUT2D eigenvalue weighted by Crippen LogP contribution is -2.39. The Morgan fingerprint density at radius 2 is 2.00 bits per heavy atom. The number of nitrogens with zero attached hydrogens (tertiary/aromatic N) is 1. The van der Waals surface area contributed by atoms with Gasteiger partial charge in [-0.15, -0.1) is 0 Å². The van der Waals surface area contributed by atoms with Gasteiger partial charge in [-0.25, -0.2) is 0 Å². The third-order valence-corrected chi connectivity index (χ3v) is 3.74. The first-order chi connectivity index (χ1) is 7.76. The smallest absolute Gasteiger partial charge is 0.0624 e. The Labute approximate surface area is 100 Å². The van der Waals surface area contributed by atoms with Crippen molar-refractivity contribution in [2.24, 2.45) is 5.92 Å². The molecule has 0 aromatic rings. The first kappa shape index (κ1) is 13.5. The fourth-order valence-electron chi connectivity index (χ4n) is 2.66. The van der Waals surface area contributed by atoms with Gasteiger partial charge in [0.05, 0.1) is 6.07 Å². The average Bonchev–Trinajstić information content (AvgIpc) is 2.29. The molecule has 2 heteroatoms. The summed E-state index contributed by atoms with van der Waals surface area (Å²) in [5.41, 5.74) is 0. The van der Waals surface area contributed by atoms with E-state index in [2.05, 4.69) is 25.2 Å². The Hall–Kier alpha value is -0.550. The molecular weight excluding hydrogens is 196 g/mol. The van der Waals surface area contributed by atoms with Gasteiger partial charge in [0.15, 0.2) is 0 Å². The van der Waals surface area contributed by atoms with Crippen LogP contribution in [0.1, 0.15) is 65.2 Å². The molecule has 0 aromatic carbocycles. The highest BCUT2D eigenvalue weighted by molar-refractivity contribution is 4.84. The van der Waals surface area contributed by atoms with E-state index < -0.39 is 0 Å². The van der Waals surface area contributed by atoms with Crippen LogP contribution in [-0.4, -0.2) is 12.1 Å². The van der Waals surface area contributed by atoms with Crippen molar-refractivity contribution in [1.29, 1.82) is 5.26 Å². The van der Waals surface area contributed by atoms with E-state index in [1.807, 2.05) is 0 Å². The third-order valence-electron chi connectivity index (χ3n) is 3.74. The lowest BCUT2D eigenvalue weighted by molar-refractivity contribution is 0.275. The third kappa shape index (κ3) is 4.99. The van der Waals surface area contributed by atoms with Gasteiger partial charge in [0.2, 0.25) is 0 Å². The molecule has 2 nitrogen and oxygen atoms in total. The zero-order chi connectivity index (χ0) is 11.8. The zero-order valence-corrected chi connectivity index (χ0v) is 10.8. The van der Waals surface area contributed by atoms with Gasteiger partial charge in [0.1, 0.15) is 0 Å². The van der Waals surface area contributed by atoms with Crippen molar-refractivity contribution in [3.05, 3.63) is 0 Å². The van der Waals surface area contributed by atoms with E-state index in [9.17, 15) is 0 Å². The Morgan fingerprint density at radius 3 is 2.56 bits per heavy atom. The highest BCUT2D eigenvalue weighted by atomic mass is 14.9. The molecule has 1 fully saturated rings. The molecule has 0 spiro atoms. The second-order valence-corrected chi connectivity index (χ2v) is 5.29. The van der Waals surface area contributed by atoms with Gasteiger partial charge in [-0.3, -0.25) is 0 Å².